The van der Waals surface area contributed by atoms with E-state index in [0.29, 0.717) is 18.7 Å². The van der Waals surface area contributed by atoms with Crippen molar-refractivity contribution in [3.8, 4) is 5.75 Å². The number of para-hydroxylation sites is 1. The SMILES string of the molecule is COc1ccccc1S(=O)(=O)N(CCN)CCc1ccccc1.Cl. The van der Waals surface area contributed by atoms with Crippen LogP contribution < -0.4 is 10.5 Å². The molecule has 7 heteroatoms. The summed E-state index contributed by atoms with van der Waals surface area (Å²) in [6.45, 7) is 0.915. The van der Waals surface area contributed by atoms with E-state index in [1.807, 2.05) is 30.3 Å². The highest BCUT2D eigenvalue weighted by molar-refractivity contribution is 7.89. The fourth-order valence-electron chi connectivity index (χ4n) is 2.37. The minimum Gasteiger partial charge on any atom is -0.495 e. The quantitative estimate of drug-likeness (QED) is 0.773. The van der Waals surface area contributed by atoms with E-state index in [0.717, 1.165) is 5.56 Å². The van der Waals surface area contributed by atoms with E-state index in [-0.39, 0.29) is 30.4 Å². The number of rotatable bonds is 8. The molecule has 0 aromatic heterocycles. The molecule has 2 N–H and O–H groups in total. The lowest BCUT2D eigenvalue weighted by Gasteiger charge is -2.22. The van der Waals surface area contributed by atoms with Crippen LogP contribution in [0.1, 0.15) is 5.56 Å². The fraction of sp³-hybridized carbons (Fsp3) is 0.294. The van der Waals surface area contributed by atoms with Crippen molar-refractivity contribution in [2.24, 2.45) is 5.73 Å². The van der Waals surface area contributed by atoms with E-state index in [1.165, 1.54) is 11.4 Å². The number of hydrogen-bond acceptors (Lipinski definition) is 4. The average Bonchev–Trinajstić information content (AvgIpc) is 2.59. The van der Waals surface area contributed by atoms with Crippen molar-refractivity contribution < 1.29 is 13.2 Å². The van der Waals surface area contributed by atoms with Crippen molar-refractivity contribution in [3.05, 3.63) is 60.2 Å². The summed E-state index contributed by atoms with van der Waals surface area (Å²) < 4.78 is 32.4. The molecule has 0 saturated carbocycles. The van der Waals surface area contributed by atoms with E-state index in [9.17, 15) is 8.42 Å². The van der Waals surface area contributed by atoms with Gasteiger partial charge in [0.05, 0.1) is 7.11 Å². The largest absolute Gasteiger partial charge is 0.495 e. The smallest absolute Gasteiger partial charge is 0.246 e. The standard InChI is InChI=1S/C17H22N2O3S.ClH/c1-22-16-9-5-6-10-17(16)23(20,21)19(14-12-18)13-11-15-7-3-2-4-8-15;/h2-10H,11-14,18H2,1H3;1H. The Hall–Kier alpha value is -1.60. The molecule has 2 rings (SSSR count). The zero-order chi connectivity index (χ0) is 16.7. The molecule has 0 atom stereocenters. The molecule has 132 valence electrons. The molecule has 0 amide bonds. The average molecular weight is 371 g/mol. The van der Waals surface area contributed by atoms with E-state index >= 15 is 0 Å². The topological polar surface area (TPSA) is 72.6 Å². The Kier molecular flexibility index (Phi) is 8.21. The Morgan fingerprint density at radius 2 is 1.62 bits per heavy atom. The second kappa shape index (κ2) is 9.64. The molecule has 0 bridgehead atoms. The van der Waals surface area contributed by atoms with E-state index < -0.39 is 10.0 Å². The molecule has 0 aliphatic rings. The molecule has 0 spiro atoms. The zero-order valence-corrected chi connectivity index (χ0v) is 15.2. The third-order valence-electron chi connectivity index (χ3n) is 3.56. The third-order valence-corrected chi connectivity index (χ3v) is 5.50. The van der Waals surface area contributed by atoms with Gasteiger partial charge in [0, 0.05) is 19.6 Å². The molecule has 0 radical (unpaired) electrons. The molecule has 0 aliphatic carbocycles. The first kappa shape index (κ1) is 20.4. The summed E-state index contributed by atoms with van der Waals surface area (Å²) in [5.74, 6) is 0.342. The summed E-state index contributed by atoms with van der Waals surface area (Å²) in [6.07, 6.45) is 0.634. The van der Waals surface area contributed by atoms with Crippen molar-refractivity contribution in [1.82, 2.24) is 4.31 Å². The summed E-state index contributed by atoms with van der Waals surface area (Å²) in [4.78, 5) is 0.170. The predicted octanol–water partition coefficient (Wildman–Crippen LogP) is 2.31. The minimum absolute atomic E-state index is 0. The van der Waals surface area contributed by atoms with Crippen LogP contribution in [0.5, 0.6) is 5.75 Å². The van der Waals surface area contributed by atoms with Gasteiger partial charge in [-0.05, 0) is 24.1 Å². The zero-order valence-electron chi connectivity index (χ0n) is 13.6. The van der Waals surface area contributed by atoms with Crippen LogP contribution in [0.4, 0.5) is 0 Å². The van der Waals surface area contributed by atoms with Crippen molar-refractivity contribution in [3.63, 3.8) is 0 Å². The number of halogens is 1. The maximum absolute atomic E-state index is 12.9. The molecule has 0 heterocycles. The first-order chi connectivity index (χ1) is 11.1. The van der Waals surface area contributed by atoms with Crippen LogP contribution in [-0.4, -0.2) is 39.5 Å². The Labute approximate surface area is 149 Å². The van der Waals surface area contributed by atoms with Gasteiger partial charge in [0.15, 0.2) is 0 Å². The summed E-state index contributed by atoms with van der Waals surface area (Å²) in [6, 6.07) is 16.4. The van der Waals surface area contributed by atoms with Gasteiger partial charge in [-0.1, -0.05) is 42.5 Å². The number of nitrogens with two attached hydrogens (primary N) is 1. The second-order valence-electron chi connectivity index (χ2n) is 5.08. The van der Waals surface area contributed by atoms with Gasteiger partial charge in [0.2, 0.25) is 10.0 Å². The molecule has 2 aromatic rings. The molecule has 0 aliphatic heterocycles. The maximum Gasteiger partial charge on any atom is 0.246 e. The number of methoxy groups -OCH3 is 1. The van der Waals surface area contributed by atoms with Gasteiger partial charge in [-0.25, -0.2) is 8.42 Å². The first-order valence-corrected chi connectivity index (χ1v) is 8.90. The number of nitrogens with zero attached hydrogens (tertiary/aromatic N) is 1. The van der Waals surface area contributed by atoms with Crippen LogP contribution in [-0.2, 0) is 16.4 Å². The van der Waals surface area contributed by atoms with Gasteiger partial charge in [-0.2, -0.15) is 4.31 Å². The normalized spacial score (nSPS) is 11.1. The lowest BCUT2D eigenvalue weighted by molar-refractivity contribution is 0.391. The highest BCUT2D eigenvalue weighted by atomic mass is 35.5. The minimum atomic E-state index is -3.65. The lowest BCUT2D eigenvalue weighted by atomic mass is 10.1. The van der Waals surface area contributed by atoms with Crippen LogP contribution in [0.2, 0.25) is 0 Å². The van der Waals surface area contributed by atoms with Crippen LogP contribution >= 0.6 is 12.4 Å². The third kappa shape index (κ3) is 4.95. The number of hydrogen-bond donors (Lipinski definition) is 1. The first-order valence-electron chi connectivity index (χ1n) is 7.46. The van der Waals surface area contributed by atoms with Gasteiger partial charge in [-0.15, -0.1) is 12.4 Å². The van der Waals surface area contributed by atoms with E-state index in [1.54, 1.807) is 24.3 Å². The maximum atomic E-state index is 12.9. The van der Waals surface area contributed by atoms with Gasteiger partial charge in [0.1, 0.15) is 10.6 Å². The molecule has 0 fully saturated rings. The summed E-state index contributed by atoms with van der Waals surface area (Å²) >= 11 is 0. The van der Waals surface area contributed by atoms with Crippen LogP contribution in [0.3, 0.4) is 0 Å². The molecular formula is C17H23ClN2O3S. The molecule has 24 heavy (non-hydrogen) atoms. The summed E-state index contributed by atoms with van der Waals surface area (Å²) in [5, 5.41) is 0. The van der Waals surface area contributed by atoms with Crippen LogP contribution in [0, 0.1) is 0 Å². The molecule has 0 saturated heterocycles. The van der Waals surface area contributed by atoms with Gasteiger partial charge >= 0.3 is 0 Å². The Morgan fingerprint density at radius 3 is 2.25 bits per heavy atom. The monoisotopic (exact) mass is 370 g/mol. The predicted molar refractivity (Wildman–Crippen MR) is 98.2 cm³/mol. The van der Waals surface area contributed by atoms with Crippen molar-refractivity contribution >= 4 is 22.4 Å². The lowest BCUT2D eigenvalue weighted by Crippen LogP contribution is -2.37. The molecule has 0 unspecified atom stereocenters. The molecule has 2 aromatic carbocycles. The number of ether oxygens (including phenoxy) is 1. The van der Waals surface area contributed by atoms with E-state index in [4.69, 9.17) is 10.5 Å². The van der Waals surface area contributed by atoms with Crippen molar-refractivity contribution in [2.45, 2.75) is 11.3 Å². The Bertz CT molecular complexity index is 724. The number of sulfonamides is 1. The van der Waals surface area contributed by atoms with Gasteiger partial charge < -0.3 is 10.5 Å². The molecular weight excluding hydrogens is 348 g/mol. The fourth-order valence-corrected chi connectivity index (χ4v) is 3.98. The number of benzene rings is 2. The van der Waals surface area contributed by atoms with Crippen LogP contribution in [0.25, 0.3) is 0 Å². The summed E-state index contributed by atoms with van der Waals surface area (Å²) in [7, 11) is -2.18. The molecule has 5 nitrogen and oxygen atoms in total. The highest BCUT2D eigenvalue weighted by Crippen LogP contribution is 2.26. The van der Waals surface area contributed by atoms with Crippen molar-refractivity contribution in [1.29, 1.82) is 0 Å². The second-order valence-corrected chi connectivity index (χ2v) is 6.99. The van der Waals surface area contributed by atoms with Gasteiger partial charge in [0.25, 0.3) is 0 Å². The van der Waals surface area contributed by atoms with E-state index in [2.05, 4.69) is 0 Å². The Balaban J connectivity index is 0.00000288. The summed E-state index contributed by atoms with van der Waals surface area (Å²) in [5.41, 5.74) is 6.69. The van der Waals surface area contributed by atoms with Gasteiger partial charge in [-0.3, -0.25) is 0 Å². The highest BCUT2D eigenvalue weighted by Gasteiger charge is 2.26. The van der Waals surface area contributed by atoms with Crippen LogP contribution in [0.15, 0.2) is 59.5 Å². The Morgan fingerprint density at radius 1 is 1.00 bits per heavy atom. The van der Waals surface area contributed by atoms with Crippen molar-refractivity contribution in [2.75, 3.05) is 26.7 Å².